The van der Waals surface area contributed by atoms with E-state index in [-0.39, 0.29) is 0 Å². The van der Waals surface area contributed by atoms with Crippen LogP contribution in [0.4, 0.5) is 0 Å². The molecule has 16 heavy (non-hydrogen) atoms. The van der Waals surface area contributed by atoms with Crippen molar-refractivity contribution < 1.29 is 4.74 Å². The molecule has 0 aromatic carbocycles. The van der Waals surface area contributed by atoms with Crippen LogP contribution < -0.4 is 5.32 Å². The Labute approximate surface area is 97.2 Å². The Hall–Kier alpha value is -0.930. The number of pyridine rings is 1. The highest BCUT2D eigenvalue weighted by atomic mass is 16.5. The van der Waals surface area contributed by atoms with Gasteiger partial charge in [-0.15, -0.1) is 0 Å². The molecule has 1 aliphatic carbocycles. The van der Waals surface area contributed by atoms with E-state index in [0.29, 0.717) is 5.41 Å². The standard InChI is InChI=1S/C13H20N2O/c1-11-8-13(11,10-15-6-7-16-2)12-4-3-5-14-9-12/h3-5,9,11,15H,6-8,10H2,1-2H3. The number of ether oxygens (including phenoxy) is 1. The summed E-state index contributed by atoms with van der Waals surface area (Å²) in [6, 6.07) is 4.21. The number of nitrogens with zero attached hydrogens (tertiary/aromatic N) is 1. The highest BCUT2D eigenvalue weighted by molar-refractivity contribution is 5.31. The number of methoxy groups -OCH3 is 1. The first kappa shape index (κ1) is 11.6. The van der Waals surface area contributed by atoms with E-state index in [1.165, 1.54) is 12.0 Å². The van der Waals surface area contributed by atoms with Crippen LogP contribution in [0.15, 0.2) is 24.5 Å². The van der Waals surface area contributed by atoms with E-state index in [0.717, 1.165) is 25.6 Å². The molecule has 1 aliphatic rings. The van der Waals surface area contributed by atoms with E-state index in [2.05, 4.69) is 23.3 Å². The molecule has 1 fully saturated rings. The molecule has 1 saturated carbocycles. The first-order chi connectivity index (χ1) is 7.79. The number of hydrogen-bond donors (Lipinski definition) is 1. The zero-order chi connectivity index (χ0) is 11.4. The van der Waals surface area contributed by atoms with Gasteiger partial charge in [0.05, 0.1) is 6.61 Å². The zero-order valence-electron chi connectivity index (χ0n) is 10.1. The van der Waals surface area contributed by atoms with Gasteiger partial charge in [0.15, 0.2) is 0 Å². The Morgan fingerprint density at radius 1 is 1.62 bits per heavy atom. The average molecular weight is 220 g/mol. The number of hydrogen-bond acceptors (Lipinski definition) is 3. The highest BCUT2D eigenvalue weighted by Gasteiger charge is 2.51. The van der Waals surface area contributed by atoms with Crippen molar-refractivity contribution in [2.75, 3.05) is 26.8 Å². The summed E-state index contributed by atoms with van der Waals surface area (Å²) >= 11 is 0. The van der Waals surface area contributed by atoms with Gasteiger partial charge in [0.1, 0.15) is 0 Å². The lowest BCUT2D eigenvalue weighted by molar-refractivity contribution is 0.198. The Bertz CT molecular complexity index is 328. The van der Waals surface area contributed by atoms with Gasteiger partial charge >= 0.3 is 0 Å². The van der Waals surface area contributed by atoms with E-state index >= 15 is 0 Å². The summed E-state index contributed by atoms with van der Waals surface area (Å²) in [6.07, 6.45) is 5.10. The van der Waals surface area contributed by atoms with Crippen LogP contribution in [0.1, 0.15) is 18.9 Å². The minimum absolute atomic E-state index is 0.321. The molecule has 0 bridgehead atoms. The molecule has 0 saturated heterocycles. The third-order valence-electron chi connectivity index (χ3n) is 3.61. The fraction of sp³-hybridized carbons (Fsp3) is 0.615. The molecule has 0 aliphatic heterocycles. The summed E-state index contributed by atoms with van der Waals surface area (Å²) in [4.78, 5) is 4.22. The van der Waals surface area contributed by atoms with Crippen molar-refractivity contribution >= 4 is 0 Å². The maximum absolute atomic E-state index is 5.03. The van der Waals surface area contributed by atoms with Gasteiger partial charge in [-0.25, -0.2) is 0 Å². The fourth-order valence-corrected chi connectivity index (χ4v) is 2.38. The predicted molar refractivity (Wildman–Crippen MR) is 64.4 cm³/mol. The maximum atomic E-state index is 5.03. The van der Waals surface area contributed by atoms with Gasteiger partial charge in [-0.3, -0.25) is 4.98 Å². The smallest absolute Gasteiger partial charge is 0.0587 e. The molecular formula is C13H20N2O. The monoisotopic (exact) mass is 220 g/mol. The largest absolute Gasteiger partial charge is 0.383 e. The molecule has 1 N–H and O–H groups in total. The molecular weight excluding hydrogens is 200 g/mol. The van der Waals surface area contributed by atoms with Crippen molar-refractivity contribution in [3.05, 3.63) is 30.1 Å². The summed E-state index contributed by atoms with van der Waals surface area (Å²) in [6.45, 7) is 5.04. The Balaban J connectivity index is 1.94. The van der Waals surface area contributed by atoms with Crippen molar-refractivity contribution in [3.63, 3.8) is 0 Å². The van der Waals surface area contributed by atoms with Crippen LogP contribution in [-0.4, -0.2) is 31.8 Å². The van der Waals surface area contributed by atoms with Crippen molar-refractivity contribution in [1.29, 1.82) is 0 Å². The van der Waals surface area contributed by atoms with Crippen LogP contribution >= 0.6 is 0 Å². The first-order valence-electron chi connectivity index (χ1n) is 5.90. The quantitative estimate of drug-likeness (QED) is 0.739. The van der Waals surface area contributed by atoms with Gasteiger partial charge in [-0.1, -0.05) is 13.0 Å². The molecule has 0 amide bonds. The SMILES string of the molecule is COCCNCC1(c2cccnc2)CC1C. The van der Waals surface area contributed by atoms with E-state index < -0.39 is 0 Å². The van der Waals surface area contributed by atoms with Crippen LogP contribution in [0, 0.1) is 5.92 Å². The second kappa shape index (κ2) is 4.93. The molecule has 2 rings (SSSR count). The molecule has 2 unspecified atom stereocenters. The summed E-state index contributed by atoms with van der Waals surface area (Å²) < 4.78 is 5.03. The minimum Gasteiger partial charge on any atom is -0.383 e. The molecule has 0 radical (unpaired) electrons. The van der Waals surface area contributed by atoms with Crippen LogP contribution in [0.5, 0.6) is 0 Å². The lowest BCUT2D eigenvalue weighted by Gasteiger charge is -2.17. The molecule has 1 heterocycles. The molecule has 88 valence electrons. The summed E-state index contributed by atoms with van der Waals surface area (Å²) in [5.41, 5.74) is 1.69. The second-order valence-corrected chi connectivity index (χ2v) is 4.67. The van der Waals surface area contributed by atoms with E-state index in [4.69, 9.17) is 4.74 Å². The van der Waals surface area contributed by atoms with Crippen molar-refractivity contribution in [3.8, 4) is 0 Å². The maximum Gasteiger partial charge on any atom is 0.0587 e. The summed E-state index contributed by atoms with van der Waals surface area (Å²) in [7, 11) is 1.73. The summed E-state index contributed by atoms with van der Waals surface area (Å²) in [5, 5.41) is 3.47. The molecule has 2 atom stereocenters. The van der Waals surface area contributed by atoms with Gasteiger partial charge in [-0.05, 0) is 24.0 Å². The second-order valence-electron chi connectivity index (χ2n) is 4.67. The van der Waals surface area contributed by atoms with Gasteiger partial charge in [0.2, 0.25) is 0 Å². The molecule has 3 heteroatoms. The van der Waals surface area contributed by atoms with Gasteiger partial charge < -0.3 is 10.1 Å². The third kappa shape index (κ3) is 2.25. The Morgan fingerprint density at radius 2 is 2.44 bits per heavy atom. The lowest BCUT2D eigenvalue weighted by Crippen LogP contribution is -2.30. The van der Waals surface area contributed by atoms with E-state index in [1.807, 2.05) is 18.5 Å². The van der Waals surface area contributed by atoms with Crippen LogP contribution in [0.25, 0.3) is 0 Å². The van der Waals surface area contributed by atoms with Crippen molar-refractivity contribution in [1.82, 2.24) is 10.3 Å². The zero-order valence-corrected chi connectivity index (χ0v) is 10.1. The Kier molecular flexibility index (Phi) is 3.56. The number of rotatable bonds is 6. The minimum atomic E-state index is 0.321. The van der Waals surface area contributed by atoms with Crippen LogP contribution in [0.2, 0.25) is 0 Å². The number of aromatic nitrogens is 1. The molecule has 0 spiro atoms. The highest BCUT2D eigenvalue weighted by Crippen LogP contribution is 2.53. The molecule has 1 aromatic rings. The summed E-state index contributed by atoms with van der Waals surface area (Å²) in [5.74, 6) is 0.756. The van der Waals surface area contributed by atoms with Crippen molar-refractivity contribution in [2.24, 2.45) is 5.92 Å². The topological polar surface area (TPSA) is 34.1 Å². The first-order valence-corrected chi connectivity index (χ1v) is 5.90. The van der Waals surface area contributed by atoms with Crippen LogP contribution in [0.3, 0.4) is 0 Å². The fourth-order valence-electron chi connectivity index (χ4n) is 2.38. The molecule has 3 nitrogen and oxygen atoms in total. The van der Waals surface area contributed by atoms with Gasteiger partial charge in [0, 0.05) is 38.0 Å². The Morgan fingerprint density at radius 3 is 3.00 bits per heavy atom. The number of nitrogens with one attached hydrogen (secondary N) is 1. The van der Waals surface area contributed by atoms with E-state index in [9.17, 15) is 0 Å². The van der Waals surface area contributed by atoms with Gasteiger partial charge in [-0.2, -0.15) is 0 Å². The lowest BCUT2D eigenvalue weighted by atomic mass is 9.95. The van der Waals surface area contributed by atoms with Crippen LogP contribution in [-0.2, 0) is 10.2 Å². The molecule has 1 aromatic heterocycles. The average Bonchev–Trinajstić information content (AvgIpc) is 2.98. The predicted octanol–water partition coefficient (Wildman–Crippen LogP) is 1.60. The van der Waals surface area contributed by atoms with Crippen molar-refractivity contribution in [2.45, 2.75) is 18.8 Å². The van der Waals surface area contributed by atoms with Gasteiger partial charge in [0.25, 0.3) is 0 Å². The van der Waals surface area contributed by atoms with E-state index in [1.54, 1.807) is 7.11 Å². The third-order valence-corrected chi connectivity index (χ3v) is 3.61. The normalized spacial score (nSPS) is 28.0.